The molecule has 2 aromatic carbocycles. The van der Waals surface area contributed by atoms with E-state index in [1.54, 1.807) is 0 Å². The van der Waals surface area contributed by atoms with Crippen molar-refractivity contribution in [3.8, 4) is 11.1 Å². The molecule has 34 heavy (non-hydrogen) atoms. The zero-order chi connectivity index (χ0) is 23.4. The molecule has 2 aromatic rings. The number of hydrogen-bond donors (Lipinski definition) is 2. The van der Waals surface area contributed by atoms with Crippen LogP contribution < -0.4 is 5.32 Å². The third-order valence-electron chi connectivity index (χ3n) is 8.45. The second kappa shape index (κ2) is 7.86. The highest BCUT2D eigenvalue weighted by Gasteiger charge is 2.62. The molecule has 0 spiro atoms. The fourth-order valence-electron chi connectivity index (χ4n) is 6.35. The van der Waals surface area contributed by atoms with Crippen molar-refractivity contribution < 1.29 is 24.2 Å². The van der Waals surface area contributed by atoms with Crippen LogP contribution in [0.5, 0.6) is 0 Å². The Kier molecular flexibility index (Phi) is 4.90. The minimum absolute atomic E-state index is 0.00375. The lowest BCUT2D eigenvalue weighted by atomic mass is 9.67. The van der Waals surface area contributed by atoms with Crippen LogP contribution in [-0.4, -0.2) is 54.2 Å². The van der Waals surface area contributed by atoms with Crippen LogP contribution in [-0.2, 0) is 14.3 Å². The first-order valence-electron chi connectivity index (χ1n) is 12.1. The number of fused-ring (bicyclic) bond motifs is 4. The van der Waals surface area contributed by atoms with Crippen LogP contribution in [0.4, 0.5) is 4.79 Å². The van der Waals surface area contributed by atoms with Crippen LogP contribution in [0, 0.1) is 23.2 Å². The molecule has 2 saturated carbocycles. The number of piperidine rings is 1. The molecule has 0 bridgehead atoms. The Morgan fingerprint density at radius 2 is 1.56 bits per heavy atom. The summed E-state index contributed by atoms with van der Waals surface area (Å²) in [6, 6.07) is 16.4. The Bertz CT molecular complexity index is 1120. The summed E-state index contributed by atoms with van der Waals surface area (Å²) in [5.41, 5.74) is 4.10. The lowest BCUT2D eigenvalue weighted by Crippen LogP contribution is -2.53. The summed E-state index contributed by atoms with van der Waals surface area (Å²) in [4.78, 5) is 38.9. The van der Waals surface area contributed by atoms with E-state index >= 15 is 0 Å². The highest BCUT2D eigenvalue weighted by Crippen LogP contribution is 2.53. The van der Waals surface area contributed by atoms with E-state index in [2.05, 4.69) is 29.6 Å². The zero-order valence-electron chi connectivity index (χ0n) is 18.9. The molecule has 1 heterocycles. The molecule has 7 heteroatoms. The molecule has 3 aliphatic carbocycles. The van der Waals surface area contributed by atoms with Crippen molar-refractivity contribution in [2.45, 2.75) is 25.2 Å². The monoisotopic (exact) mass is 460 g/mol. The summed E-state index contributed by atoms with van der Waals surface area (Å²) >= 11 is 0. The fraction of sp³-hybridized carbons (Fsp3) is 0.444. The molecule has 1 saturated heterocycles. The number of carbonyl (C=O) groups is 3. The van der Waals surface area contributed by atoms with E-state index in [0.29, 0.717) is 13.1 Å². The Morgan fingerprint density at radius 3 is 2.09 bits per heavy atom. The first kappa shape index (κ1) is 21.2. The van der Waals surface area contributed by atoms with Crippen molar-refractivity contribution in [1.29, 1.82) is 0 Å². The predicted molar refractivity (Wildman–Crippen MR) is 124 cm³/mol. The van der Waals surface area contributed by atoms with E-state index in [0.717, 1.165) is 30.4 Å². The topological polar surface area (TPSA) is 95.9 Å². The standard InChI is InChI=1S/C27H28N2O5/c30-24(31)23-20-12-29(13-21(20)23)25(32)27(10-5-11-27)15-28-26(33)34-14-22-18-8-3-1-6-16(18)17-7-2-4-9-19(17)22/h1-4,6-9,20-23H,5,10-15H2,(H,28,33)(H,30,31)/t20-,21+,23?. The molecule has 2 amide bonds. The van der Waals surface area contributed by atoms with Gasteiger partial charge >= 0.3 is 12.1 Å². The van der Waals surface area contributed by atoms with Gasteiger partial charge in [-0.1, -0.05) is 55.0 Å². The van der Waals surface area contributed by atoms with Gasteiger partial charge in [0.25, 0.3) is 0 Å². The van der Waals surface area contributed by atoms with E-state index < -0.39 is 17.5 Å². The van der Waals surface area contributed by atoms with Crippen LogP contribution >= 0.6 is 0 Å². The summed E-state index contributed by atoms with van der Waals surface area (Å²) in [5.74, 6) is -0.815. The number of nitrogens with one attached hydrogen (secondary N) is 1. The molecular weight excluding hydrogens is 432 g/mol. The smallest absolute Gasteiger partial charge is 0.407 e. The molecule has 6 rings (SSSR count). The minimum Gasteiger partial charge on any atom is -0.481 e. The van der Waals surface area contributed by atoms with Gasteiger partial charge in [0, 0.05) is 25.6 Å². The Hall–Kier alpha value is -3.35. The second-order valence-electron chi connectivity index (χ2n) is 10.2. The van der Waals surface area contributed by atoms with Gasteiger partial charge in [-0.25, -0.2) is 4.79 Å². The van der Waals surface area contributed by atoms with Gasteiger partial charge in [-0.15, -0.1) is 0 Å². The summed E-state index contributed by atoms with van der Waals surface area (Å²) in [5, 5.41) is 12.1. The van der Waals surface area contributed by atoms with Gasteiger partial charge in [-0.3, -0.25) is 9.59 Å². The van der Waals surface area contributed by atoms with Crippen LogP contribution in [0.3, 0.4) is 0 Å². The summed E-state index contributed by atoms with van der Waals surface area (Å²) < 4.78 is 5.63. The molecule has 7 nitrogen and oxygen atoms in total. The van der Waals surface area contributed by atoms with E-state index in [1.807, 2.05) is 29.2 Å². The first-order valence-corrected chi connectivity index (χ1v) is 12.1. The molecule has 4 aliphatic rings. The molecule has 1 aliphatic heterocycles. The van der Waals surface area contributed by atoms with Crippen LogP contribution in [0.15, 0.2) is 48.5 Å². The van der Waals surface area contributed by atoms with Crippen molar-refractivity contribution in [1.82, 2.24) is 10.2 Å². The number of nitrogens with zero attached hydrogens (tertiary/aromatic N) is 1. The van der Waals surface area contributed by atoms with Gasteiger partial charge in [-0.2, -0.15) is 0 Å². The number of carbonyl (C=O) groups excluding carboxylic acids is 2. The van der Waals surface area contributed by atoms with Crippen LogP contribution in [0.1, 0.15) is 36.3 Å². The average Bonchev–Trinajstić information content (AvgIpc) is 3.17. The molecule has 2 N–H and O–H groups in total. The molecule has 3 atom stereocenters. The SMILES string of the molecule is O=C(NCC1(C(=O)N2C[C@@H]3C(C(=O)O)[C@@H]3C2)CCC1)OCC1c2ccccc2-c2ccccc21. The predicted octanol–water partition coefficient (Wildman–Crippen LogP) is 3.48. The maximum absolute atomic E-state index is 13.2. The van der Waals surface area contributed by atoms with Crippen molar-refractivity contribution in [2.24, 2.45) is 23.2 Å². The van der Waals surface area contributed by atoms with Crippen molar-refractivity contribution >= 4 is 18.0 Å². The number of rotatable bonds is 6. The van der Waals surface area contributed by atoms with Gasteiger partial charge < -0.3 is 20.1 Å². The number of carboxylic acids is 1. The minimum atomic E-state index is -0.752. The lowest BCUT2D eigenvalue weighted by molar-refractivity contribution is -0.148. The third-order valence-corrected chi connectivity index (χ3v) is 8.45. The van der Waals surface area contributed by atoms with E-state index in [9.17, 15) is 19.5 Å². The number of aliphatic carboxylic acids is 1. The molecule has 1 unspecified atom stereocenters. The van der Waals surface area contributed by atoms with Crippen molar-refractivity contribution in [2.75, 3.05) is 26.2 Å². The Morgan fingerprint density at radius 1 is 0.971 bits per heavy atom. The highest BCUT2D eigenvalue weighted by molar-refractivity contribution is 5.86. The van der Waals surface area contributed by atoms with Crippen LogP contribution in [0.25, 0.3) is 11.1 Å². The number of hydrogen-bond acceptors (Lipinski definition) is 4. The lowest BCUT2D eigenvalue weighted by Gasteiger charge is -2.43. The number of alkyl carbamates (subject to hydrolysis) is 1. The number of ether oxygens (including phenoxy) is 1. The first-order chi connectivity index (χ1) is 16.5. The highest BCUT2D eigenvalue weighted by atomic mass is 16.5. The fourth-order valence-corrected chi connectivity index (χ4v) is 6.35. The molecular formula is C27H28N2O5. The quantitative estimate of drug-likeness (QED) is 0.688. The number of likely N-dealkylation sites (tertiary alicyclic amines) is 1. The van der Waals surface area contributed by atoms with Gasteiger partial charge in [0.15, 0.2) is 0 Å². The van der Waals surface area contributed by atoms with Gasteiger partial charge in [-0.05, 0) is 46.9 Å². The molecule has 3 fully saturated rings. The van der Waals surface area contributed by atoms with E-state index in [-0.39, 0.29) is 42.7 Å². The molecule has 0 radical (unpaired) electrons. The Labute approximate surface area is 198 Å². The largest absolute Gasteiger partial charge is 0.481 e. The van der Waals surface area contributed by atoms with Crippen molar-refractivity contribution in [3.63, 3.8) is 0 Å². The zero-order valence-corrected chi connectivity index (χ0v) is 18.9. The number of benzene rings is 2. The van der Waals surface area contributed by atoms with Crippen LogP contribution in [0.2, 0.25) is 0 Å². The van der Waals surface area contributed by atoms with E-state index in [1.165, 1.54) is 11.1 Å². The molecule has 0 aromatic heterocycles. The maximum atomic E-state index is 13.2. The van der Waals surface area contributed by atoms with Gasteiger partial charge in [0.05, 0.1) is 11.3 Å². The van der Waals surface area contributed by atoms with Gasteiger partial charge in [0.2, 0.25) is 5.91 Å². The summed E-state index contributed by atoms with van der Waals surface area (Å²) in [7, 11) is 0. The Balaban J connectivity index is 1.06. The summed E-state index contributed by atoms with van der Waals surface area (Å²) in [6.07, 6.45) is 1.93. The van der Waals surface area contributed by atoms with Gasteiger partial charge in [0.1, 0.15) is 6.61 Å². The number of amides is 2. The second-order valence-corrected chi connectivity index (χ2v) is 10.2. The third kappa shape index (κ3) is 3.29. The average molecular weight is 461 g/mol. The van der Waals surface area contributed by atoms with E-state index in [4.69, 9.17) is 4.74 Å². The summed E-state index contributed by atoms with van der Waals surface area (Å²) in [6.45, 7) is 1.55. The van der Waals surface area contributed by atoms with Crippen molar-refractivity contribution in [3.05, 3.63) is 59.7 Å². The number of carboxylic acid groups (broad SMARTS) is 1. The molecule has 176 valence electrons. The normalized spacial score (nSPS) is 25.5. The maximum Gasteiger partial charge on any atom is 0.407 e.